The second-order valence-corrected chi connectivity index (χ2v) is 8.05. The molecule has 1 aromatic heterocycles. The van der Waals surface area contributed by atoms with E-state index in [2.05, 4.69) is 11.6 Å². The Morgan fingerprint density at radius 3 is 2.61 bits per heavy atom. The summed E-state index contributed by atoms with van der Waals surface area (Å²) < 4.78 is 10.1. The number of hydrogen-bond donors (Lipinski definition) is 1. The number of carbonyl (C=O) groups excluding carboxylic acids is 3. The van der Waals surface area contributed by atoms with Crippen molar-refractivity contribution in [3.8, 4) is 6.07 Å². The number of aromatic nitrogens is 1. The molecule has 0 aromatic carbocycles. The number of nitrogens with zero attached hydrogens (tertiary/aromatic N) is 2. The number of nitrogens with one attached hydrogen (secondary N) is 1. The molecular weight excluding hydrogens is 418 g/mol. The fraction of sp³-hybridized carbons (Fsp3) is 0.455. The highest BCUT2D eigenvalue weighted by molar-refractivity contribution is 8.04. The first-order valence-corrected chi connectivity index (χ1v) is 10.9. The number of H-pyrrole nitrogens is 1. The summed E-state index contributed by atoms with van der Waals surface area (Å²) in [4.78, 5) is 41.8. The van der Waals surface area contributed by atoms with Crippen molar-refractivity contribution in [2.45, 2.75) is 45.8 Å². The zero-order valence-electron chi connectivity index (χ0n) is 18.2. The summed E-state index contributed by atoms with van der Waals surface area (Å²) in [5.74, 6) is -1.32. The number of hydrogen-bond acceptors (Lipinski definition) is 7. The predicted octanol–water partition coefficient (Wildman–Crippen LogP) is 3.17. The summed E-state index contributed by atoms with van der Waals surface area (Å²) in [6, 6.07) is 1.88. The Balaban J connectivity index is 2.22. The van der Waals surface area contributed by atoms with E-state index in [-0.39, 0.29) is 24.7 Å². The molecule has 1 fully saturated rings. The average molecular weight is 446 g/mol. The molecule has 0 aliphatic carbocycles. The van der Waals surface area contributed by atoms with Crippen molar-refractivity contribution >= 4 is 29.6 Å². The molecule has 9 heteroatoms. The molecule has 1 aliphatic rings. The van der Waals surface area contributed by atoms with E-state index in [0.29, 0.717) is 30.1 Å². The highest BCUT2D eigenvalue weighted by atomic mass is 32.2. The van der Waals surface area contributed by atoms with E-state index in [9.17, 15) is 19.6 Å². The second-order valence-electron chi connectivity index (χ2n) is 6.86. The number of aromatic amines is 1. The van der Waals surface area contributed by atoms with Gasteiger partial charge in [0.25, 0.3) is 0 Å². The molecule has 166 valence electrons. The summed E-state index contributed by atoms with van der Waals surface area (Å²) in [7, 11) is 0. The molecule has 1 atom stereocenters. The number of amides is 1. The predicted molar refractivity (Wildman–Crippen MR) is 117 cm³/mol. The fourth-order valence-corrected chi connectivity index (χ4v) is 4.76. The molecule has 1 amide bonds. The molecule has 2 rings (SSSR count). The van der Waals surface area contributed by atoms with E-state index in [1.807, 2.05) is 19.9 Å². The van der Waals surface area contributed by atoms with Gasteiger partial charge in [-0.2, -0.15) is 5.26 Å². The van der Waals surface area contributed by atoms with Crippen molar-refractivity contribution in [1.82, 2.24) is 9.88 Å². The molecule has 1 aliphatic heterocycles. The van der Waals surface area contributed by atoms with Gasteiger partial charge in [-0.15, -0.1) is 0 Å². The topological polar surface area (TPSA) is 112 Å². The number of thioether (sulfide) groups is 1. The fourth-order valence-electron chi connectivity index (χ4n) is 3.43. The SMILES string of the molecule is C=CCOC(=O)/C(C#N)=C1\SC(CCc2c(C)[nH]c(C(=O)OCC)c2C)C(=O)N1CC. The molecule has 1 aromatic rings. The van der Waals surface area contributed by atoms with Gasteiger partial charge in [0.15, 0.2) is 5.57 Å². The molecular formula is C22H27N3O5S. The highest BCUT2D eigenvalue weighted by Gasteiger charge is 2.39. The maximum Gasteiger partial charge on any atom is 0.355 e. The molecule has 2 heterocycles. The first-order chi connectivity index (χ1) is 14.8. The number of ether oxygens (including phenoxy) is 2. The van der Waals surface area contributed by atoms with Crippen molar-refractivity contribution in [2.24, 2.45) is 0 Å². The zero-order valence-corrected chi connectivity index (χ0v) is 19.1. The normalized spacial score (nSPS) is 17.3. The smallest absolute Gasteiger partial charge is 0.355 e. The van der Waals surface area contributed by atoms with Crippen molar-refractivity contribution in [3.05, 3.63) is 45.8 Å². The van der Waals surface area contributed by atoms with Gasteiger partial charge in [-0.3, -0.25) is 4.79 Å². The van der Waals surface area contributed by atoms with E-state index in [0.717, 1.165) is 16.8 Å². The minimum atomic E-state index is -0.770. The van der Waals surface area contributed by atoms with Crippen LogP contribution in [0.25, 0.3) is 0 Å². The quantitative estimate of drug-likeness (QED) is 0.269. The summed E-state index contributed by atoms with van der Waals surface area (Å²) in [5, 5.41) is 9.37. The Morgan fingerprint density at radius 1 is 1.32 bits per heavy atom. The number of rotatable bonds is 9. The van der Waals surface area contributed by atoms with E-state index >= 15 is 0 Å². The molecule has 1 N–H and O–H groups in total. The Morgan fingerprint density at radius 2 is 2.03 bits per heavy atom. The number of aryl methyl sites for hydroxylation is 1. The van der Waals surface area contributed by atoms with Crippen LogP contribution in [0.4, 0.5) is 0 Å². The van der Waals surface area contributed by atoms with E-state index in [4.69, 9.17) is 9.47 Å². The van der Waals surface area contributed by atoms with Gasteiger partial charge in [-0.1, -0.05) is 24.4 Å². The van der Waals surface area contributed by atoms with Crippen LogP contribution in [0.1, 0.15) is 47.6 Å². The van der Waals surface area contributed by atoms with Gasteiger partial charge < -0.3 is 19.4 Å². The Kier molecular flexibility index (Phi) is 8.51. The molecule has 1 unspecified atom stereocenters. The number of nitriles is 1. The lowest BCUT2D eigenvalue weighted by Crippen LogP contribution is -2.29. The molecule has 31 heavy (non-hydrogen) atoms. The van der Waals surface area contributed by atoms with Crippen LogP contribution in [-0.2, 0) is 25.5 Å². The summed E-state index contributed by atoms with van der Waals surface area (Å²) in [5.41, 5.74) is 2.86. The van der Waals surface area contributed by atoms with Crippen LogP contribution in [0.2, 0.25) is 0 Å². The van der Waals surface area contributed by atoms with Crippen LogP contribution in [0.3, 0.4) is 0 Å². The highest BCUT2D eigenvalue weighted by Crippen LogP contribution is 2.39. The van der Waals surface area contributed by atoms with Crippen LogP contribution >= 0.6 is 11.8 Å². The largest absolute Gasteiger partial charge is 0.461 e. The Hall–Kier alpha value is -2.99. The van der Waals surface area contributed by atoms with Gasteiger partial charge in [0.2, 0.25) is 5.91 Å². The molecule has 8 nitrogen and oxygen atoms in total. The second kappa shape index (κ2) is 10.9. The van der Waals surface area contributed by atoms with Gasteiger partial charge in [0, 0.05) is 12.2 Å². The van der Waals surface area contributed by atoms with Crippen LogP contribution in [0.5, 0.6) is 0 Å². The van der Waals surface area contributed by atoms with Gasteiger partial charge in [0.1, 0.15) is 23.4 Å². The minimum absolute atomic E-state index is 0.0136. The molecule has 0 bridgehead atoms. The van der Waals surface area contributed by atoms with Crippen molar-refractivity contribution in [2.75, 3.05) is 19.8 Å². The van der Waals surface area contributed by atoms with E-state index in [1.165, 1.54) is 22.7 Å². The monoisotopic (exact) mass is 445 g/mol. The van der Waals surface area contributed by atoms with Crippen LogP contribution in [-0.4, -0.2) is 52.7 Å². The maximum atomic E-state index is 12.9. The van der Waals surface area contributed by atoms with Gasteiger partial charge >= 0.3 is 11.9 Å². The Bertz CT molecular complexity index is 957. The third-order valence-electron chi connectivity index (χ3n) is 4.95. The van der Waals surface area contributed by atoms with Gasteiger partial charge in [-0.05, 0) is 51.7 Å². The number of carbonyl (C=O) groups is 3. The lowest BCUT2D eigenvalue weighted by molar-refractivity contribution is -0.137. The maximum absolute atomic E-state index is 12.9. The standard InChI is InChI=1S/C22H27N3O5S/c1-6-11-30-21(27)16(12-23)20-25(7-2)19(26)17(31-20)10-9-15-13(4)18(24-14(15)5)22(28)29-8-3/h6,17,24H,1,7-11H2,2-5H3/b20-16-. The number of esters is 2. The third-order valence-corrected chi connectivity index (χ3v) is 6.32. The van der Waals surface area contributed by atoms with Crippen LogP contribution in [0, 0.1) is 25.2 Å². The average Bonchev–Trinajstić information content (AvgIpc) is 3.21. The molecule has 0 spiro atoms. The van der Waals surface area contributed by atoms with Crippen LogP contribution in [0.15, 0.2) is 23.3 Å². The summed E-state index contributed by atoms with van der Waals surface area (Å²) in [6.07, 6.45) is 2.47. The minimum Gasteiger partial charge on any atom is -0.461 e. The van der Waals surface area contributed by atoms with E-state index in [1.54, 1.807) is 13.8 Å². The molecule has 0 radical (unpaired) electrons. The molecule has 1 saturated heterocycles. The zero-order chi connectivity index (χ0) is 23.1. The van der Waals surface area contributed by atoms with E-state index < -0.39 is 17.2 Å². The summed E-state index contributed by atoms with van der Waals surface area (Å²) >= 11 is 1.20. The molecule has 0 saturated carbocycles. The van der Waals surface area contributed by atoms with Crippen LogP contribution < -0.4 is 0 Å². The first kappa shape index (κ1) is 24.3. The Labute approximate surface area is 186 Å². The van der Waals surface area contributed by atoms with Crippen molar-refractivity contribution in [3.63, 3.8) is 0 Å². The van der Waals surface area contributed by atoms with Crippen molar-refractivity contribution < 1.29 is 23.9 Å². The summed E-state index contributed by atoms with van der Waals surface area (Å²) in [6.45, 7) is 11.4. The van der Waals surface area contributed by atoms with Gasteiger partial charge in [-0.25, -0.2) is 9.59 Å². The van der Waals surface area contributed by atoms with Crippen molar-refractivity contribution in [1.29, 1.82) is 5.26 Å². The van der Waals surface area contributed by atoms with Gasteiger partial charge in [0.05, 0.1) is 11.9 Å². The lowest BCUT2D eigenvalue weighted by atomic mass is 10.0. The first-order valence-electron chi connectivity index (χ1n) is 10.1. The third kappa shape index (κ3) is 5.20. The lowest BCUT2D eigenvalue weighted by Gasteiger charge is -2.15.